The topological polar surface area (TPSA) is 64.6 Å². The first-order valence-electron chi connectivity index (χ1n) is 6.48. The zero-order valence-electron chi connectivity index (χ0n) is 11.3. The van der Waals surface area contributed by atoms with Gasteiger partial charge in [-0.2, -0.15) is 0 Å². The molecule has 0 radical (unpaired) electrons. The number of benzene rings is 2. The summed E-state index contributed by atoms with van der Waals surface area (Å²) in [5, 5.41) is 2.77. The molecule has 0 fully saturated rings. The van der Waals surface area contributed by atoms with Crippen molar-refractivity contribution in [3.63, 3.8) is 0 Å². The number of ether oxygens (including phenoxy) is 2. The maximum Gasteiger partial charge on any atom is 0.308 e. The molecule has 2 aromatic rings. The van der Waals surface area contributed by atoms with E-state index < -0.39 is 12.2 Å². The zero-order chi connectivity index (χ0) is 14.8. The van der Waals surface area contributed by atoms with Gasteiger partial charge in [-0.1, -0.05) is 24.3 Å². The number of fused-ring (bicyclic) bond motifs is 1. The van der Waals surface area contributed by atoms with Crippen LogP contribution >= 0.6 is 0 Å². The quantitative estimate of drug-likeness (QED) is 0.679. The summed E-state index contributed by atoms with van der Waals surface area (Å²) in [5.74, 6) is 0.353. The van der Waals surface area contributed by atoms with Crippen LogP contribution in [0.5, 0.6) is 11.5 Å². The van der Waals surface area contributed by atoms with E-state index in [2.05, 4.69) is 5.32 Å². The van der Waals surface area contributed by atoms with Crippen molar-refractivity contribution in [3.8, 4) is 11.5 Å². The van der Waals surface area contributed by atoms with E-state index in [-0.39, 0.29) is 5.91 Å². The number of hydrogen-bond donors (Lipinski definition) is 1. The summed E-state index contributed by atoms with van der Waals surface area (Å²) in [5.41, 5.74) is 1.21. The third kappa shape index (κ3) is 2.72. The lowest BCUT2D eigenvalue weighted by atomic mass is 10.1. The number of hydrogen-bond acceptors (Lipinski definition) is 4. The van der Waals surface area contributed by atoms with Crippen LogP contribution in [0.1, 0.15) is 29.1 Å². The van der Waals surface area contributed by atoms with E-state index in [1.807, 2.05) is 6.07 Å². The smallest absolute Gasteiger partial charge is 0.308 e. The summed E-state index contributed by atoms with van der Waals surface area (Å²) in [7, 11) is 0. The molecule has 5 heteroatoms. The Labute approximate surface area is 121 Å². The second-order valence-electron chi connectivity index (χ2n) is 4.63. The molecule has 0 aromatic heterocycles. The first-order valence-corrected chi connectivity index (χ1v) is 6.48. The van der Waals surface area contributed by atoms with Crippen molar-refractivity contribution in [2.45, 2.75) is 13.2 Å². The molecule has 21 heavy (non-hydrogen) atoms. The second kappa shape index (κ2) is 5.28. The number of para-hydroxylation sites is 1. The molecule has 5 nitrogen and oxygen atoms in total. The summed E-state index contributed by atoms with van der Waals surface area (Å²) in [6, 6.07) is 13.9. The van der Waals surface area contributed by atoms with Crippen LogP contribution in [0.2, 0.25) is 0 Å². The largest absolute Gasteiger partial charge is 0.466 e. The molecule has 0 saturated heterocycles. The van der Waals surface area contributed by atoms with Crippen LogP contribution in [0.25, 0.3) is 0 Å². The summed E-state index contributed by atoms with van der Waals surface area (Å²) in [4.78, 5) is 23.0. The highest BCUT2D eigenvalue weighted by Crippen LogP contribution is 2.30. The molecule has 1 atom stereocenters. The minimum absolute atomic E-state index is 0.195. The van der Waals surface area contributed by atoms with E-state index in [0.717, 1.165) is 0 Å². The lowest BCUT2D eigenvalue weighted by Crippen LogP contribution is -2.36. The fraction of sp³-hybridized carbons (Fsp3) is 0.125. The summed E-state index contributed by atoms with van der Waals surface area (Å²) in [6.07, 6.45) is -0.608. The number of carbonyl (C=O) groups excluding carboxylic acids is 2. The lowest BCUT2D eigenvalue weighted by Gasteiger charge is -2.27. The third-order valence-electron chi connectivity index (χ3n) is 3.06. The predicted octanol–water partition coefficient (Wildman–Crippen LogP) is 2.43. The van der Waals surface area contributed by atoms with Crippen LogP contribution in [0.15, 0.2) is 48.5 Å². The molecule has 1 amide bonds. The number of rotatable bonds is 2. The minimum Gasteiger partial charge on any atom is -0.466 e. The molecule has 0 bridgehead atoms. The van der Waals surface area contributed by atoms with Crippen LogP contribution < -0.4 is 14.8 Å². The van der Waals surface area contributed by atoms with Crippen molar-refractivity contribution < 1.29 is 19.1 Å². The van der Waals surface area contributed by atoms with E-state index in [1.54, 1.807) is 42.5 Å². The van der Waals surface area contributed by atoms with E-state index in [1.165, 1.54) is 6.92 Å². The van der Waals surface area contributed by atoms with Gasteiger partial charge < -0.3 is 14.8 Å². The maximum atomic E-state index is 12.1. The maximum absolute atomic E-state index is 12.1. The zero-order valence-corrected chi connectivity index (χ0v) is 11.3. The Kier molecular flexibility index (Phi) is 3.31. The molecule has 0 saturated carbocycles. The van der Waals surface area contributed by atoms with Gasteiger partial charge >= 0.3 is 5.97 Å². The Morgan fingerprint density at radius 2 is 2.00 bits per heavy atom. The molecule has 0 spiro atoms. The van der Waals surface area contributed by atoms with E-state index in [0.29, 0.717) is 22.6 Å². The van der Waals surface area contributed by atoms with Crippen molar-refractivity contribution in [1.82, 2.24) is 5.32 Å². The third-order valence-corrected chi connectivity index (χ3v) is 3.06. The van der Waals surface area contributed by atoms with Crippen molar-refractivity contribution in [1.29, 1.82) is 0 Å². The molecule has 1 N–H and O–H groups in total. The molecule has 3 rings (SSSR count). The second-order valence-corrected chi connectivity index (χ2v) is 4.63. The van der Waals surface area contributed by atoms with Gasteiger partial charge in [-0.15, -0.1) is 0 Å². The Bertz CT molecular complexity index is 711. The summed E-state index contributed by atoms with van der Waals surface area (Å²) < 4.78 is 10.8. The van der Waals surface area contributed by atoms with Gasteiger partial charge in [-0.25, -0.2) is 0 Å². The Hall–Kier alpha value is -2.82. The molecular weight excluding hydrogens is 270 g/mol. The normalized spacial score (nSPS) is 16.4. The number of nitrogens with one attached hydrogen (secondary N) is 1. The number of carbonyl (C=O) groups is 2. The summed E-state index contributed by atoms with van der Waals surface area (Å²) >= 11 is 0. The van der Waals surface area contributed by atoms with Gasteiger partial charge in [-0.05, 0) is 24.3 Å². The van der Waals surface area contributed by atoms with Gasteiger partial charge in [0.1, 0.15) is 11.5 Å². The highest BCUT2D eigenvalue weighted by atomic mass is 16.5. The molecule has 1 heterocycles. The molecule has 2 aromatic carbocycles. The number of amides is 1. The van der Waals surface area contributed by atoms with Crippen LogP contribution in [-0.4, -0.2) is 11.9 Å². The Morgan fingerprint density at radius 1 is 1.19 bits per heavy atom. The van der Waals surface area contributed by atoms with Gasteiger partial charge in [0.15, 0.2) is 6.23 Å². The highest BCUT2D eigenvalue weighted by Gasteiger charge is 2.26. The molecule has 1 aliphatic rings. The average Bonchev–Trinajstić information content (AvgIpc) is 2.47. The van der Waals surface area contributed by atoms with E-state index in [4.69, 9.17) is 9.47 Å². The molecule has 0 aliphatic carbocycles. The van der Waals surface area contributed by atoms with Gasteiger partial charge in [0.2, 0.25) is 0 Å². The van der Waals surface area contributed by atoms with E-state index >= 15 is 0 Å². The van der Waals surface area contributed by atoms with Crippen molar-refractivity contribution in [2.75, 3.05) is 0 Å². The SMILES string of the molecule is CC(=O)Oc1cccc([C@H]2NC(=O)c3ccccc3O2)c1. The van der Waals surface area contributed by atoms with Gasteiger partial charge in [0.25, 0.3) is 5.91 Å². The molecule has 0 unspecified atom stereocenters. The first kappa shape index (κ1) is 13.2. The molecule has 106 valence electrons. The summed E-state index contributed by atoms with van der Waals surface area (Å²) in [6.45, 7) is 1.34. The Balaban J connectivity index is 1.89. The minimum atomic E-state index is -0.608. The monoisotopic (exact) mass is 283 g/mol. The van der Waals surface area contributed by atoms with Crippen LogP contribution in [0, 0.1) is 0 Å². The van der Waals surface area contributed by atoms with Gasteiger partial charge in [-0.3, -0.25) is 9.59 Å². The molecule has 1 aliphatic heterocycles. The fourth-order valence-electron chi connectivity index (χ4n) is 2.17. The van der Waals surface area contributed by atoms with Crippen molar-refractivity contribution in [3.05, 3.63) is 59.7 Å². The standard InChI is InChI=1S/C16H13NO4/c1-10(18)20-12-6-4-5-11(9-12)16-17-15(19)13-7-2-3-8-14(13)21-16/h2-9,16H,1H3,(H,17,19)/t16-/m0/s1. The lowest BCUT2D eigenvalue weighted by molar-refractivity contribution is -0.131. The average molecular weight is 283 g/mol. The predicted molar refractivity (Wildman–Crippen MR) is 75.0 cm³/mol. The first-order chi connectivity index (χ1) is 10.1. The fourth-order valence-corrected chi connectivity index (χ4v) is 2.17. The van der Waals surface area contributed by atoms with Crippen LogP contribution in [0.4, 0.5) is 0 Å². The van der Waals surface area contributed by atoms with Crippen LogP contribution in [-0.2, 0) is 4.79 Å². The van der Waals surface area contributed by atoms with Crippen molar-refractivity contribution in [2.24, 2.45) is 0 Å². The molecular formula is C16H13NO4. The number of esters is 1. The Morgan fingerprint density at radius 3 is 2.81 bits per heavy atom. The highest BCUT2D eigenvalue weighted by molar-refractivity contribution is 5.98. The van der Waals surface area contributed by atoms with E-state index in [9.17, 15) is 9.59 Å². The van der Waals surface area contributed by atoms with Crippen molar-refractivity contribution >= 4 is 11.9 Å². The van der Waals surface area contributed by atoms with Gasteiger partial charge in [0, 0.05) is 12.5 Å². The van der Waals surface area contributed by atoms with Crippen LogP contribution in [0.3, 0.4) is 0 Å². The van der Waals surface area contributed by atoms with Gasteiger partial charge in [0.05, 0.1) is 5.56 Å².